The molecule has 0 bridgehead atoms. The Morgan fingerprint density at radius 2 is 1.86 bits per heavy atom. The molecule has 11 heteroatoms. The molecule has 2 aliphatic rings. The molecule has 194 valence electrons. The van der Waals surface area contributed by atoms with Gasteiger partial charge in [0.25, 0.3) is 10.0 Å². The van der Waals surface area contributed by atoms with E-state index in [1.54, 1.807) is 30.6 Å². The molecule has 0 radical (unpaired) electrons. The number of rotatable bonds is 8. The van der Waals surface area contributed by atoms with E-state index in [1.807, 2.05) is 12.1 Å². The number of fused-ring (bicyclic) bond motifs is 3. The Labute approximate surface area is 213 Å². The molecule has 3 N–H and O–H groups in total. The molecule has 1 saturated heterocycles. The number of sulfonamides is 1. The summed E-state index contributed by atoms with van der Waals surface area (Å²) in [7, 11) is -3.93. The number of aliphatic hydroxyl groups excluding tert-OH is 1. The number of aromatic nitrogens is 1. The Morgan fingerprint density at radius 3 is 2.59 bits per heavy atom. The van der Waals surface area contributed by atoms with Gasteiger partial charge in [-0.15, -0.1) is 0 Å². The van der Waals surface area contributed by atoms with Gasteiger partial charge >= 0.3 is 0 Å². The second-order valence-corrected chi connectivity index (χ2v) is 10.7. The molecule has 1 amide bonds. The lowest BCUT2D eigenvalue weighted by molar-refractivity contribution is -0.142. The highest BCUT2D eigenvalue weighted by molar-refractivity contribution is 7.92. The van der Waals surface area contributed by atoms with Gasteiger partial charge < -0.3 is 19.9 Å². The van der Waals surface area contributed by atoms with Crippen LogP contribution in [0.25, 0.3) is 0 Å². The fourth-order valence-corrected chi connectivity index (χ4v) is 5.81. The molecule has 0 saturated carbocycles. The maximum Gasteiger partial charge on any atom is 0.261 e. The van der Waals surface area contributed by atoms with Crippen molar-refractivity contribution in [3.8, 4) is 5.75 Å². The minimum absolute atomic E-state index is 0.0622. The summed E-state index contributed by atoms with van der Waals surface area (Å²) in [4.78, 5) is 16.5. The maximum atomic E-state index is 13.2. The number of benzene rings is 2. The number of aliphatic hydroxyl groups is 1. The number of amides is 1. The van der Waals surface area contributed by atoms with Crippen molar-refractivity contribution in [2.24, 2.45) is 0 Å². The number of nitrogens with zero attached hydrogens (tertiary/aromatic N) is 1. The quantitative estimate of drug-likeness (QED) is 0.411. The van der Waals surface area contributed by atoms with Crippen LogP contribution >= 0.6 is 0 Å². The molecule has 0 unspecified atom stereocenters. The third-order valence-electron chi connectivity index (χ3n) is 6.53. The van der Waals surface area contributed by atoms with Crippen molar-refractivity contribution in [2.45, 2.75) is 48.5 Å². The zero-order valence-corrected chi connectivity index (χ0v) is 20.5. The van der Waals surface area contributed by atoms with Gasteiger partial charge in [-0.1, -0.05) is 0 Å². The second kappa shape index (κ2) is 10.4. The summed E-state index contributed by atoms with van der Waals surface area (Å²) in [5.74, 6) is -0.339. The number of hydrogen-bond donors (Lipinski definition) is 3. The predicted octanol–water partition coefficient (Wildman–Crippen LogP) is 2.72. The summed E-state index contributed by atoms with van der Waals surface area (Å²) in [5.41, 5.74) is 2.02. The highest BCUT2D eigenvalue weighted by atomic mass is 32.2. The van der Waals surface area contributed by atoms with Gasteiger partial charge in [0.1, 0.15) is 23.8 Å². The standard InChI is InChI=1S/C26H26FN3O6S/c27-17-1-4-20(5-2-17)37(33,34)30-18-3-6-23-21(11-18)22-12-19(35-24(15-31)26(22)36-23)13-25(32)29-14-16-7-9-28-10-8-16/h1-11,19,22,24,26,30-31H,12-15H2,(H,29,32)/t19-,22+,24+,26-/m0/s1. The molecule has 0 spiro atoms. The average molecular weight is 528 g/mol. The van der Waals surface area contributed by atoms with Crippen LogP contribution in [0.3, 0.4) is 0 Å². The number of halogens is 1. The van der Waals surface area contributed by atoms with Crippen LogP contribution in [0.2, 0.25) is 0 Å². The number of nitrogens with one attached hydrogen (secondary N) is 2. The van der Waals surface area contributed by atoms with Crippen LogP contribution in [0.4, 0.5) is 10.1 Å². The molecular formula is C26H26FN3O6S. The van der Waals surface area contributed by atoms with E-state index in [4.69, 9.17) is 9.47 Å². The number of carbonyl (C=O) groups excluding carboxylic acids is 1. The van der Waals surface area contributed by atoms with Crippen molar-refractivity contribution >= 4 is 21.6 Å². The number of carbonyl (C=O) groups is 1. The van der Waals surface area contributed by atoms with Gasteiger partial charge in [0.15, 0.2) is 0 Å². The third kappa shape index (κ3) is 5.58. The predicted molar refractivity (Wildman–Crippen MR) is 132 cm³/mol. The summed E-state index contributed by atoms with van der Waals surface area (Å²) >= 11 is 0. The van der Waals surface area contributed by atoms with Crippen molar-refractivity contribution in [3.63, 3.8) is 0 Å². The molecule has 4 atom stereocenters. The number of hydrogen-bond acceptors (Lipinski definition) is 7. The van der Waals surface area contributed by atoms with Crippen LogP contribution in [0.5, 0.6) is 5.75 Å². The van der Waals surface area contributed by atoms with Crippen LogP contribution in [-0.4, -0.2) is 49.3 Å². The summed E-state index contributed by atoms with van der Waals surface area (Å²) in [5, 5.41) is 12.8. The normalized spacial score (nSPS) is 22.4. The molecule has 0 aliphatic carbocycles. The van der Waals surface area contributed by atoms with Gasteiger partial charge in [0, 0.05) is 36.1 Å². The van der Waals surface area contributed by atoms with E-state index < -0.39 is 34.2 Å². The fraction of sp³-hybridized carbons (Fsp3) is 0.308. The first-order chi connectivity index (χ1) is 17.8. The van der Waals surface area contributed by atoms with Gasteiger partial charge in [-0.05, 0) is 66.6 Å². The highest BCUT2D eigenvalue weighted by Gasteiger charge is 2.46. The van der Waals surface area contributed by atoms with Crippen LogP contribution in [0.1, 0.15) is 29.9 Å². The molecule has 5 rings (SSSR count). The lowest BCUT2D eigenvalue weighted by Crippen LogP contribution is -2.47. The van der Waals surface area contributed by atoms with Crippen molar-refractivity contribution in [1.29, 1.82) is 0 Å². The van der Waals surface area contributed by atoms with Crippen molar-refractivity contribution in [1.82, 2.24) is 10.3 Å². The van der Waals surface area contributed by atoms with Gasteiger partial charge in [-0.3, -0.25) is 14.5 Å². The number of pyridine rings is 1. The van der Waals surface area contributed by atoms with E-state index in [0.717, 1.165) is 23.3 Å². The summed E-state index contributed by atoms with van der Waals surface area (Å²) in [6.45, 7) is 0.0847. The van der Waals surface area contributed by atoms with Gasteiger partial charge in [0.2, 0.25) is 5.91 Å². The van der Waals surface area contributed by atoms with Crippen molar-refractivity contribution in [2.75, 3.05) is 11.3 Å². The second-order valence-electron chi connectivity index (χ2n) is 9.05. The lowest BCUT2D eigenvalue weighted by atomic mass is 9.84. The zero-order valence-electron chi connectivity index (χ0n) is 19.7. The Bertz CT molecular complexity index is 1370. The van der Waals surface area contributed by atoms with Gasteiger partial charge in [-0.2, -0.15) is 0 Å². The van der Waals surface area contributed by atoms with E-state index in [-0.39, 0.29) is 29.7 Å². The minimum atomic E-state index is -3.93. The smallest absolute Gasteiger partial charge is 0.261 e. The zero-order chi connectivity index (χ0) is 26.0. The van der Waals surface area contributed by atoms with Crippen LogP contribution < -0.4 is 14.8 Å². The SMILES string of the molecule is O=C(C[C@@H]1C[C@@H]2c3cc(NS(=O)(=O)c4ccc(F)cc4)ccc3O[C@@H]2[C@@H](CO)O1)NCc1ccncc1. The lowest BCUT2D eigenvalue weighted by Gasteiger charge is -2.37. The Hall–Kier alpha value is -3.54. The first-order valence-corrected chi connectivity index (χ1v) is 13.3. The van der Waals surface area contributed by atoms with E-state index in [2.05, 4.69) is 15.0 Å². The van der Waals surface area contributed by atoms with E-state index >= 15 is 0 Å². The molecular weight excluding hydrogens is 501 g/mol. The molecule has 37 heavy (non-hydrogen) atoms. The number of ether oxygens (including phenoxy) is 2. The molecule has 3 heterocycles. The Kier molecular flexibility index (Phi) is 7.09. The summed E-state index contributed by atoms with van der Waals surface area (Å²) in [6, 6.07) is 13.1. The van der Waals surface area contributed by atoms with E-state index in [9.17, 15) is 22.7 Å². The monoisotopic (exact) mass is 527 g/mol. The molecule has 9 nitrogen and oxygen atoms in total. The van der Waals surface area contributed by atoms with E-state index in [1.165, 1.54) is 12.1 Å². The van der Waals surface area contributed by atoms with Crippen LogP contribution in [0, 0.1) is 5.82 Å². The van der Waals surface area contributed by atoms with Gasteiger partial charge in [-0.25, -0.2) is 12.8 Å². The molecule has 2 aromatic carbocycles. The van der Waals surface area contributed by atoms with Crippen LogP contribution in [0.15, 0.2) is 71.9 Å². The van der Waals surface area contributed by atoms with Crippen molar-refractivity contribution in [3.05, 3.63) is 83.9 Å². The number of anilines is 1. The largest absolute Gasteiger partial charge is 0.487 e. The average Bonchev–Trinajstić information content (AvgIpc) is 3.25. The Morgan fingerprint density at radius 1 is 1.11 bits per heavy atom. The first-order valence-electron chi connectivity index (χ1n) is 11.8. The highest BCUT2D eigenvalue weighted by Crippen LogP contribution is 2.47. The Balaban J connectivity index is 1.29. The molecule has 1 aromatic heterocycles. The third-order valence-corrected chi connectivity index (χ3v) is 7.92. The summed E-state index contributed by atoms with van der Waals surface area (Å²) < 4.78 is 53.3. The topological polar surface area (TPSA) is 127 Å². The van der Waals surface area contributed by atoms with Gasteiger partial charge in [0.05, 0.1) is 24.0 Å². The first kappa shape index (κ1) is 25.1. The fourth-order valence-electron chi connectivity index (χ4n) is 4.76. The maximum absolute atomic E-state index is 13.2. The molecule has 3 aromatic rings. The molecule has 1 fully saturated rings. The van der Waals surface area contributed by atoms with E-state index in [0.29, 0.717) is 24.4 Å². The van der Waals surface area contributed by atoms with Crippen molar-refractivity contribution < 1.29 is 32.2 Å². The summed E-state index contributed by atoms with van der Waals surface area (Å²) in [6.07, 6.45) is 2.34. The minimum Gasteiger partial charge on any atom is -0.487 e. The molecule has 2 aliphatic heterocycles. The van der Waals surface area contributed by atoms with Crippen LogP contribution in [-0.2, 0) is 26.1 Å².